The molecule has 0 amide bonds. The quantitative estimate of drug-likeness (QED) is 0.689. The summed E-state index contributed by atoms with van der Waals surface area (Å²) in [6.07, 6.45) is 7.88. The van der Waals surface area contributed by atoms with Crippen LogP contribution in [-0.2, 0) is 6.42 Å². The molecule has 1 aliphatic heterocycles. The van der Waals surface area contributed by atoms with Gasteiger partial charge in [0.1, 0.15) is 17.1 Å². The van der Waals surface area contributed by atoms with Gasteiger partial charge >= 0.3 is 0 Å². The Balaban J connectivity index is 1.99. The first-order chi connectivity index (χ1) is 8.21. The van der Waals surface area contributed by atoms with Crippen LogP contribution in [0.1, 0.15) is 25.3 Å². The van der Waals surface area contributed by atoms with Crippen LogP contribution in [0.3, 0.4) is 0 Å². The van der Waals surface area contributed by atoms with Crippen molar-refractivity contribution in [2.24, 2.45) is 5.92 Å². The largest absolute Gasteiger partial charge is 0.497 e. The third-order valence-corrected chi connectivity index (χ3v) is 4.01. The molecule has 1 aliphatic carbocycles. The number of hydrogen-bond donors (Lipinski definition) is 0. The summed E-state index contributed by atoms with van der Waals surface area (Å²) in [6, 6.07) is 6.10. The van der Waals surface area contributed by atoms with E-state index in [9.17, 15) is 0 Å². The molecule has 0 spiro atoms. The lowest BCUT2D eigenvalue weighted by Crippen LogP contribution is -2.45. The second kappa shape index (κ2) is 3.80. The molecule has 2 aliphatic rings. The lowest BCUT2D eigenvalue weighted by molar-refractivity contribution is 0.0174. The zero-order valence-electron chi connectivity index (χ0n) is 10.4. The second-order valence-electron chi connectivity index (χ2n) is 5.17. The molecule has 0 saturated heterocycles. The SMILES string of the molecule is COc1ccc2c(c1)C[C@H]1C=CCC[C@]1(C)O2. The molecule has 2 nitrogen and oxygen atoms in total. The Bertz CT molecular complexity index is 464. The van der Waals surface area contributed by atoms with E-state index >= 15 is 0 Å². The Hall–Kier alpha value is -1.44. The third-order valence-electron chi connectivity index (χ3n) is 4.01. The number of fused-ring (bicyclic) bond motifs is 2. The summed E-state index contributed by atoms with van der Waals surface area (Å²) < 4.78 is 11.5. The number of methoxy groups -OCH3 is 1. The van der Waals surface area contributed by atoms with E-state index in [4.69, 9.17) is 9.47 Å². The Morgan fingerprint density at radius 1 is 1.41 bits per heavy atom. The van der Waals surface area contributed by atoms with Gasteiger partial charge in [0.05, 0.1) is 7.11 Å². The van der Waals surface area contributed by atoms with Gasteiger partial charge in [-0.05, 0) is 49.9 Å². The minimum Gasteiger partial charge on any atom is -0.497 e. The van der Waals surface area contributed by atoms with E-state index in [0.29, 0.717) is 5.92 Å². The van der Waals surface area contributed by atoms with E-state index in [2.05, 4.69) is 25.1 Å². The fourth-order valence-electron chi connectivity index (χ4n) is 2.86. The molecule has 0 aromatic heterocycles. The van der Waals surface area contributed by atoms with Gasteiger partial charge in [-0.2, -0.15) is 0 Å². The van der Waals surface area contributed by atoms with E-state index in [1.54, 1.807) is 7.11 Å². The Kier molecular flexibility index (Phi) is 2.39. The fourth-order valence-corrected chi connectivity index (χ4v) is 2.86. The van der Waals surface area contributed by atoms with Gasteiger partial charge in [0.2, 0.25) is 0 Å². The van der Waals surface area contributed by atoms with Crippen LogP contribution in [0.4, 0.5) is 0 Å². The van der Waals surface area contributed by atoms with Crippen LogP contribution in [0, 0.1) is 5.92 Å². The lowest BCUT2D eigenvalue weighted by atomic mass is 9.75. The molecular formula is C15H18O2. The zero-order valence-corrected chi connectivity index (χ0v) is 10.4. The zero-order chi connectivity index (χ0) is 11.9. The van der Waals surface area contributed by atoms with Gasteiger partial charge in [-0.15, -0.1) is 0 Å². The maximum absolute atomic E-state index is 6.22. The van der Waals surface area contributed by atoms with Gasteiger partial charge in [-0.25, -0.2) is 0 Å². The Morgan fingerprint density at radius 3 is 3.12 bits per heavy atom. The highest BCUT2D eigenvalue weighted by atomic mass is 16.5. The molecule has 1 aromatic rings. The molecule has 0 bridgehead atoms. The van der Waals surface area contributed by atoms with Crippen LogP contribution in [0.5, 0.6) is 11.5 Å². The number of ether oxygens (including phenoxy) is 2. The normalized spacial score (nSPS) is 30.1. The first-order valence-electron chi connectivity index (χ1n) is 6.24. The van der Waals surface area contributed by atoms with Crippen LogP contribution < -0.4 is 9.47 Å². The van der Waals surface area contributed by atoms with Crippen LogP contribution in [0.2, 0.25) is 0 Å². The summed E-state index contributed by atoms with van der Waals surface area (Å²) in [7, 11) is 1.70. The maximum Gasteiger partial charge on any atom is 0.123 e. The van der Waals surface area contributed by atoms with Crippen molar-refractivity contribution >= 4 is 0 Å². The molecule has 2 heteroatoms. The third kappa shape index (κ3) is 1.72. The van der Waals surface area contributed by atoms with Crippen molar-refractivity contribution in [3.05, 3.63) is 35.9 Å². The van der Waals surface area contributed by atoms with Crippen LogP contribution in [-0.4, -0.2) is 12.7 Å². The number of benzene rings is 1. The minimum atomic E-state index is -0.0175. The smallest absolute Gasteiger partial charge is 0.123 e. The van der Waals surface area contributed by atoms with Crippen molar-refractivity contribution in [2.75, 3.05) is 7.11 Å². The predicted molar refractivity (Wildman–Crippen MR) is 67.6 cm³/mol. The lowest BCUT2D eigenvalue weighted by Gasteiger charge is -2.43. The maximum atomic E-state index is 6.22. The summed E-state index contributed by atoms with van der Waals surface area (Å²) in [5.74, 6) is 2.44. The first kappa shape index (κ1) is 10.7. The molecule has 3 rings (SSSR count). The highest BCUT2D eigenvalue weighted by Crippen LogP contribution is 2.43. The molecule has 2 atom stereocenters. The van der Waals surface area contributed by atoms with Crippen molar-refractivity contribution in [1.29, 1.82) is 0 Å². The van der Waals surface area contributed by atoms with Gasteiger partial charge in [0, 0.05) is 5.92 Å². The van der Waals surface area contributed by atoms with Crippen LogP contribution >= 0.6 is 0 Å². The van der Waals surface area contributed by atoms with Gasteiger partial charge in [-0.3, -0.25) is 0 Å². The van der Waals surface area contributed by atoms with Crippen molar-refractivity contribution in [3.8, 4) is 11.5 Å². The molecule has 0 fully saturated rings. The molecular weight excluding hydrogens is 212 g/mol. The van der Waals surface area contributed by atoms with Crippen molar-refractivity contribution in [1.82, 2.24) is 0 Å². The second-order valence-corrected chi connectivity index (χ2v) is 5.17. The highest BCUT2D eigenvalue weighted by Gasteiger charge is 2.40. The van der Waals surface area contributed by atoms with Crippen molar-refractivity contribution in [3.63, 3.8) is 0 Å². The number of hydrogen-bond acceptors (Lipinski definition) is 2. The van der Waals surface area contributed by atoms with Gasteiger partial charge < -0.3 is 9.47 Å². The molecule has 0 radical (unpaired) electrons. The summed E-state index contributed by atoms with van der Waals surface area (Å²) in [5, 5.41) is 0. The summed E-state index contributed by atoms with van der Waals surface area (Å²) in [5.41, 5.74) is 1.24. The average Bonchev–Trinajstić information content (AvgIpc) is 2.35. The van der Waals surface area contributed by atoms with Crippen LogP contribution in [0.25, 0.3) is 0 Å². The van der Waals surface area contributed by atoms with Crippen molar-refractivity contribution in [2.45, 2.75) is 31.8 Å². The molecule has 0 unspecified atom stereocenters. The van der Waals surface area contributed by atoms with Crippen molar-refractivity contribution < 1.29 is 9.47 Å². The molecule has 1 aromatic carbocycles. The molecule has 17 heavy (non-hydrogen) atoms. The molecule has 0 N–H and O–H groups in total. The number of allylic oxidation sites excluding steroid dienone is 1. The minimum absolute atomic E-state index is 0.0175. The van der Waals surface area contributed by atoms with E-state index < -0.39 is 0 Å². The first-order valence-corrected chi connectivity index (χ1v) is 6.24. The highest BCUT2D eigenvalue weighted by molar-refractivity contribution is 5.43. The average molecular weight is 230 g/mol. The number of rotatable bonds is 1. The Morgan fingerprint density at radius 2 is 2.29 bits per heavy atom. The van der Waals surface area contributed by atoms with E-state index in [0.717, 1.165) is 30.8 Å². The molecule has 0 saturated carbocycles. The summed E-state index contributed by atoms with van der Waals surface area (Å²) >= 11 is 0. The summed E-state index contributed by atoms with van der Waals surface area (Å²) in [6.45, 7) is 2.23. The summed E-state index contributed by atoms with van der Waals surface area (Å²) in [4.78, 5) is 0. The Labute approximate surface area is 102 Å². The van der Waals surface area contributed by atoms with Gasteiger partial charge in [-0.1, -0.05) is 12.2 Å². The monoisotopic (exact) mass is 230 g/mol. The van der Waals surface area contributed by atoms with E-state index in [1.165, 1.54) is 5.56 Å². The fraction of sp³-hybridized carbons (Fsp3) is 0.467. The van der Waals surface area contributed by atoms with E-state index in [-0.39, 0.29) is 5.60 Å². The topological polar surface area (TPSA) is 18.5 Å². The molecule has 1 heterocycles. The van der Waals surface area contributed by atoms with Crippen LogP contribution in [0.15, 0.2) is 30.4 Å². The van der Waals surface area contributed by atoms with Gasteiger partial charge in [0.25, 0.3) is 0 Å². The van der Waals surface area contributed by atoms with Gasteiger partial charge in [0.15, 0.2) is 0 Å². The predicted octanol–water partition coefficient (Wildman–Crippen LogP) is 3.36. The van der Waals surface area contributed by atoms with E-state index in [1.807, 2.05) is 12.1 Å². The molecule has 90 valence electrons. The standard InChI is InChI=1S/C15H18O2/c1-15-8-4-3-5-12(15)9-11-10-13(16-2)6-7-14(11)17-15/h3,5-7,10,12H,4,8-9H2,1-2H3/t12-,15+/m1/s1.